The fourth-order valence-corrected chi connectivity index (χ4v) is 2.65. The molecule has 0 radical (unpaired) electrons. The van der Waals surface area contributed by atoms with Gasteiger partial charge in [-0.1, -0.05) is 43.6 Å². The zero-order valence-electron chi connectivity index (χ0n) is 12.8. The fraction of sp³-hybridized carbons (Fsp3) is 0.333. The van der Waals surface area contributed by atoms with Gasteiger partial charge in [-0.2, -0.15) is 0 Å². The van der Waals surface area contributed by atoms with E-state index in [1.54, 1.807) is 0 Å². The van der Waals surface area contributed by atoms with Crippen molar-refractivity contribution in [3.8, 4) is 11.5 Å². The van der Waals surface area contributed by atoms with Gasteiger partial charge in [-0.3, -0.25) is 0 Å². The molecule has 2 rings (SSSR count). The molecular weight excluding hydrogens is 282 g/mol. The van der Waals surface area contributed by atoms with Crippen LogP contribution in [0, 0.1) is 6.92 Å². The highest BCUT2D eigenvalue weighted by Gasteiger charge is 2.14. The highest BCUT2D eigenvalue weighted by Crippen LogP contribution is 2.33. The lowest BCUT2D eigenvalue weighted by Gasteiger charge is -2.20. The maximum Gasteiger partial charge on any atom is 0.132 e. The number of rotatable bonds is 6. The monoisotopic (exact) mass is 303 g/mol. The molecule has 0 saturated carbocycles. The SMILES string of the molecule is CCNC(CC)c1ccccc1Oc1ccc(Cl)cc1C. The Morgan fingerprint density at radius 2 is 1.86 bits per heavy atom. The molecule has 1 atom stereocenters. The maximum atomic E-state index is 6.13. The Balaban J connectivity index is 2.31. The number of benzene rings is 2. The molecule has 0 aliphatic carbocycles. The van der Waals surface area contributed by atoms with Crippen LogP contribution >= 0.6 is 11.6 Å². The van der Waals surface area contributed by atoms with Crippen LogP contribution < -0.4 is 10.1 Å². The number of nitrogens with one attached hydrogen (secondary N) is 1. The molecule has 0 fully saturated rings. The van der Waals surface area contributed by atoms with E-state index in [1.165, 1.54) is 5.56 Å². The van der Waals surface area contributed by atoms with E-state index < -0.39 is 0 Å². The molecule has 0 aromatic heterocycles. The van der Waals surface area contributed by atoms with Gasteiger partial charge in [-0.15, -0.1) is 0 Å². The second kappa shape index (κ2) is 7.48. The predicted molar refractivity (Wildman–Crippen MR) is 89.4 cm³/mol. The zero-order chi connectivity index (χ0) is 15.2. The van der Waals surface area contributed by atoms with Gasteiger partial charge in [-0.05, 0) is 49.7 Å². The quantitative estimate of drug-likeness (QED) is 0.760. The zero-order valence-corrected chi connectivity index (χ0v) is 13.6. The standard InChI is InChI=1S/C18H22ClNO/c1-4-16(20-5-2)15-8-6-7-9-18(15)21-17-11-10-14(19)12-13(17)3/h6-12,16,20H,4-5H2,1-3H3. The number of ether oxygens (including phenoxy) is 1. The molecule has 0 aliphatic heterocycles. The number of hydrogen-bond donors (Lipinski definition) is 1. The summed E-state index contributed by atoms with van der Waals surface area (Å²) in [4.78, 5) is 0. The van der Waals surface area contributed by atoms with Gasteiger partial charge in [0, 0.05) is 16.6 Å². The smallest absolute Gasteiger partial charge is 0.132 e. The van der Waals surface area contributed by atoms with E-state index in [9.17, 15) is 0 Å². The minimum Gasteiger partial charge on any atom is -0.457 e. The Kier molecular flexibility index (Phi) is 5.66. The van der Waals surface area contributed by atoms with Crippen molar-refractivity contribution in [2.75, 3.05) is 6.54 Å². The molecule has 0 aliphatic rings. The summed E-state index contributed by atoms with van der Waals surface area (Å²) >= 11 is 6.00. The van der Waals surface area contributed by atoms with E-state index in [4.69, 9.17) is 16.3 Å². The van der Waals surface area contributed by atoms with E-state index in [-0.39, 0.29) is 0 Å². The molecule has 0 amide bonds. The average molecular weight is 304 g/mol. The summed E-state index contributed by atoms with van der Waals surface area (Å²) in [5.41, 5.74) is 2.23. The van der Waals surface area contributed by atoms with E-state index in [2.05, 4.69) is 31.3 Å². The highest BCUT2D eigenvalue weighted by molar-refractivity contribution is 6.30. The van der Waals surface area contributed by atoms with E-state index in [0.717, 1.165) is 35.1 Å². The largest absolute Gasteiger partial charge is 0.457 e. The third-order valence-corrected chi connectivity index (χ3v) is 3.75. The summed E-state index contributed by atoms with van der Waals surface area (Å²) in [7, 11) is 0. The lowest BCUT2D eigenvalue weighted by molar-refractivity contribution is 0.450. The van der Waals surface area contributed by atoms with E-state index in [0.29, 0.717) is 6.04 Å². The van der Waals surface area contributed by atoms with Gasteiger partial charge in [0.05, 0.1) is 0 Å². The first-order chi connectivity index (χ1) is 10.2. The normalized spacial score (nSPS) is 12.2. The Bertz CT molecular complexity index is 598. The lowest BCUT2D eigenvalue weighted by atomic mass is 10.0. The molecule has 21 heavy (non-hydrogen) atoms. The fourth-order valence-electron chi connectivity index (χ4n) is 2.43. The van der Waals surface area contributed by atoms with Crippen molar-refractivity contribution in [1.29, 1.82) is 0 Å². The van der Waals surface area contributed by atoms with Crippen LogP contribution in [-0.4, -0.2) is 6.54 Å². The predicted octanol–water partition coefficient (Wildman–Crippen LogP) is 5.50. The van der Waals surface area contributed by atoms with Crippen molar-refractivity contribution in [2.24, 2.45) is 0 Å². The molecule has 1 unspecified atom stereocenters. The summed E-state index contributed by atoms with van der Waals surface area (Å²) in [6.45, 7) is 7.24. The second-order valence-corrected chi connectivity index (χ2v) is 5.50. The van der Waals surface area contributed by atoms with Gasteiger partial charge in [0.15, 0.2) is 0 Å². The number of para-hydroxylation sites is 1. The molecule has 2 nitrogen and oxygen atoms in total. The van der Waals surface area contributed by atoms with Crippen LogP contribution in [0.25, 0.3) is 0 Å². The molecule has 0 saturated heterocycles. The van der Waals surface area contributed by atoms with Crippen molar-refractivity contribution < 1.29 is 4.74 Å². The first-order valence-corrected chi connectivity index (χ1v) is 7.79. The second-order valence-electron chi connectivity index (χ2n) is 5.07. The van der Waals surface area contributed by atoms with Gasteiger partial charge in [0.25, 0.3) is 0 Å². The van der Waals surface area contributed by atoms with Gasteiger partial charge in [-0.25, -0.2) is 0 Å². The first-order valence-electron chi connectivity index (χ1n) is 7.42. The highest BCUT2D eigenvalue weighted by atomic mass is 35.5. The van der Waals surface area contributed by atoms with Crippen LogP contribution in [0.5, 0.6) is 11.5 Å². The van der Waals surface area contributed by atoms with Gasteiger partial charge < -0.3 is 10.1 Å². The summed E-state index contributed by atoms with van der Waals surface area (Å²) in [6, 6.07) is 14.2. The third kappa shape index (κ3) is 3.99. The van der Waals surface area contributed by atoms with Crippen molar-refractivity contribution >= 4 is 11.6 Å². The molecule has 3 heteroatoms. The topological polar surface area (TPSA) is 21.3 Å². The van der Waals surface area contributed by atoms with Crippen LogP contribution in [0.4, 0.5) is 0 Å². The Morgan fingerprint density at radius 1 is 1.10 bits per heavy atom. The van der Waals surface area contributed by atoms with Crippen LogP contribution in [0.15, 0.2) is 42.5 Å². The summed E-state index contributed by atoms with van der Waals surface area (Å²) in [6.07, 6.45) is 1.02. The molecule has 0 heterocycles. The molecule has 112 valence electrons. The minimum absolute atomic E-state index is 0.304. The van der Waals surface area contributed by atoms with E-state index in [1.807, 2.05) is 37.3 Å². The van der Waals surface area contributed by atoms with Crippen molar-refractivity contribution in [3.63, 3.8) is 0 Å². The molecular formula is C18H22ClNO. The number of halogens is 1. The van der Waals surface area contributed by atoms with Gasteiger partial charge in [0.2, 0.25) is 0 Å². The maximum absolute atomic E-state index is 6.13. The van der Waals surface area contributed by atoms with Crippen LogP contribution in [-0.2, 0) is 0 Å². The van der Waals surface area contributed by atoms with Crippen molar-refractivity contribution in [2.45, 2.75) is 33.2 Å². The van der Waals surface area contributed by atoms with Crippen molar-refractivity contribution in [3.05, 3.63) is 58.6 Å². The lowest BCUT2D eigenvalue weighted by Crippen LogP contribution is -2.20. The summed E-state index contributed by atoms with van der Waals surface area (Å²) < 4.78 is 6.13. The van der Waals surface area contributed by atoms with Gasteiger partial charge >= 0.3 is 0 Å². The third-order valence-electron chi connectivity index (χ3n) is 3.51. The van der Waals surface area contributed by atoms with Crippen LogP contribution in [0.1, 0.15) is 37.4 Å². The van der Waals surface area contributed by atoms with Crippen molar-refractivity contribution in [1.82, 2.24) is 5.32 Å². The number of aryl methyl sites for hydroxylation is 1. The molecule has 0 spiro atoms. The Morgan fingerprint density at radius 3 is 2.52 bits per heavy atom. The summed E-state index contributed by atoms with van der Waals surface area (Å²) in [5.74, 6) is 1.74. The number of hydrogen-bond acceptors (Lipinski definition) is 2. The van der Waals surface area contributed by atoms with Crippen LogP contribution in [0.3, 0.4) is 0 Å². The van der Waals surface area contributed by atoms with Gasteiger partial charge in [0.1, 0.15) is 11.5 Å². The first kappa shape index (κ1) is 15.9. The minimum atomic E-state index is 0.304. The molecule has 2 aromatic carbocycles. The Labute approximate surface area is 132 Å². The molecule has 2 aromatic rings. The molecule has 1 N–H and O–H groups in total. The Hall–Kier alpha value is -1.51. The van der Waals surface area contributed by atoms with Crippen LogP contribution in [0.2, 0.25) is 5.02 Å². The molecule has 0 bridgehead atoms. The average Bonchev–Trinajstić information content (AvgIpc) is 2.48. The summed E-state index contributed by atoms with van der Waals surface area (Å²) in [5, 5.41) is 4.23. The van der Waals surface area contributed by atoms with E-state index >= 15 is 0 Å².